The van der Waals surface area contributed by atoms with Crippen LogP contribution in [-0.2, 0) is 0 Å². The van der Waals surface area contributed by atoms with Gasteiger partial charge < -0.3 is 15.6 Å². The van der Waals surface area contributed by atoms with E-state index in [0.717, 1.165) is 31.7 Å². The average molecular weight is 259 g/mol. The van der Waals surface area contributed by atoms with Crippen LogP contribution in [-0.4, -0.2) is 34.1 Å². The third kappa shape index (κ3) is 2.31. The number of piperidine rings is 1. The molecule has 19 heavy (non-hydrogen) atoms. The van der Waals surface area contributed by atoms with Crippen molar-refractivity contribution in [1.82, 2.24) is 15.0 Å². The Morgan fingerprint density at radius 3 is 3.05 bits per heavy atom. The molecule has 0 saturated carbocycles. The molecule has 0 aromatic carbocycles. The van der Waals surface area contributed by atoms with Gasteiger partial charge in [-0.3, -0.25) is 4.79 Å². The predicted molar refractivity (Wildman–Crippen MR) is 74.3 cm³/mol. The summed E-state index contributed by atoms with van der Waals surface area (Å²) < 4.78 is 0. The first-order valence-electron chi connectivity index (χ1n) is 6.52. The number of anilines is 1. The molecule has 2 aromatic heterocycles. The molecule has 1 saturated heterocycles. The molecule has 0 amide bonds. The average Bonchev–Trinajstić information content (AvgIpc) is 2.38. The zero-order chi connectivity index (χ0) is 13.4. The lowest BCUT2D eigenvalue weighted by Gasteiger charge is -2.31. The van der Waals surface area contributed by atoms with Crippen molar-refractivity contribution in [1.29, 1.82) is 0 Å². The molecule has 0 bridgehead atoms. The second-order valence-corrected chi connectivity index (χ2v) is 5.04. The lowest BCUT2D eigenvalue weighted by atomic mass is 10.1. The second kappa shape index (κ2) is 4.62. The number of hydrogen-bond donors (Lipinski definition) is 2. The van der Waals surface area contributed by atoms with E-state index in [1.54, 1.807) is 6.92 Å². The first-order valence-corrected chi connectivity index (χ1v) is 6.52. The van der Waals surface area contributed by atoms with Crippen molar-refractivity contribution >= 4 is 16.9 Å². The Kier molecular flexibility index (Phi) is 2.94. The van der Waals surface area contributed by atoms with Crippen LogP contribution in [0.2, 0.25) is 0 Å². The second-order valence-electron chi connectivity index (χ2n) is 5.04. The molecule has 1 aliphatic rings. The third-order valence-corrected chi connectivity index (χ3v) is 3.44. The largest absolute Gasteiger partial charge is 0.355 e. The van der Waals surface area contributed by atoms with Crippen LogP contribution in [0.1, 0.15) is 18.7 Å². The van der Waals surface area contributed by atoms with Gasteiger partial charge in [-0.1, -0.05) is 0 Å². The van der Waals surface area contributed by atoms with Crippen molar-refractivity contribution in [3.63, 3.8) is 0 Å². The quantitative estimate of drug-likeness (QED) is 0.781. The van der Waals surface area contributed by atoms with Gasteiger partial charge in [-0.15, -0.1) is 0 Å². The molecule has 3 N–H and O–H groups in total. The van der Waals surface area contributed by atoms with Gasteiger partial charge in [0.05, 0.1) is 5.52 Å². The van der Waals surface area contributed by atoms with Crippen LogP contribution in [0.5, 0.6) is 0 Å². The summed E-state index contributed by atoms with van der Waals surface area (Å²) in [5.74, 6) is 1.41. The molecule has 2 aromatic rings. The molecule has 0 unspecified atom stereocenters. The minimum absolute atomic E-state index is 0.181. The predicted octanol–water partition coefficient (Wildman–Crippen LogP) is 0.554. The maximum atomic E-state index is 11.9. The highest BCUT2D eigenvalue weighted by atomic mass is 16.1. The van der Waals surface area contributed by atoms with Gasteiger partial charge in [0.1, 0.15) is 11.6 Å². The fourth-order valence-corrected chi connectivity index (χ4v) is 2.53. The first kappa shape index (κ1) is 12.1. The van der Waals surface area contributed by atoms with Gasteiger partial charge in [0.25, 0.3) is 5.56 Å². The van der Waals surface area contributed by atoms with Crippen molar-refractivity contribution in [2.75, 3.05) is 18.0 Å². The number of aryl methyl sites for hydroxylation is 1. The molecule has 100 valence electrons. The molecule has 6 heteroatoms. The van der Waals surface area contributed by atoms with E-state index in [1.807, 2.05) is 12.1 Å². The summed E-state index contributed by atoms with van der Waals surface area (Å²) in [6.45, 7) is 3.48. The van der Waals surface area contributed by atoms with Gasteiger partial charge in [-0.25, -0.2) is 9.97 Å². The zero-order valence-electron chi connectivity index (χ0n) is 10.9. The van der Waals surface area contributed by atoms with E-state index < -0.39 is 0 Å². The van der Waals surface area contributed by atoms with E-state index in [0.29, 0.717) is 16.9 Å². The topological polar surface area (TPSA) is 87.9 Å². The molecule has 1 aliphatic heterocycles. The molecular formula is C13H17N5O. The van der Waals surface area contributed by atoms with Gasteiger partial charge in [-0.2, -0.15) is 0 Å². The summed E-state index contributed by atoms with van der Waals surface area (Å²) >= 11 is 0. The number of nitrogens with one attached hydrogen (secondary N) is 1. The molecule has 0 spiro atoms. The lowest BCUT2D eigenvalue weighted by Crippen LogP contribution is -2.43. The number of hydrogen-bond acceptors (Lipinski definition) is 5. The van der Waals surface area contributed by atoms with Crippen LogP contribution in [0, 0.1) is 6.92 Å². The van der Waals surface area contributed by atoms with E-state index in [-0.39, 0.29) is 11.6 Å². The Morgan fingerprint density at radius 1 is 1.42 bits per heavy atom. The maximum Gasteiger partial charge on any atom is 0.277 e. The first-order chi connectivity index (χ1) is 9.13. The normalized spacial score (nSPS) is 19.9. The van der Waals surface area contributed by atoms with E-state index in [4.69, 9.17) is 5.73 Å². The summed E-state index contributed by atoms with van der Waals surface area (Å²) in [5.41, 5.74) is 6.81. The van der Waals surface area contributed by atoms with Gasteiger partial charge in [0, 0.05) is 19.1 Å². The van der Waals surface area contributed by atoms with Crippen LogP contribution < -0.4 is 16.2 Å². The van der Waals surface area contributed by atoms with Gasteiger partial charge >= 0.3 is 0 Å². The molecule has 0 aliphatic carbocycles. The van der Waals surface area contributed by atoms with Crippen LogP contribution in [0.15, 0.2) is 16.9 Å². The summed E-state index contributed by atoms with van der Waals surface area (Å²) in [4.78, 5) is 25.4. The highest BCUT2D eigenvalue weighted by Gasteiger charge is 2.18. The monoisotopic (exact) mass is 259 g/mol. The van der Waals surface area contributed by atoms with Gasteiger partial charge in [0.15, 0.2) is 5.52 Å². The van der Waals surface area contributed by atoms with E-state index >= 15 is 0 Å². The highest BCUT2D eigenvalue weighted by molar-refractivity contribution is 5.75. The van der Waals surface area contributed by atoms with Crippen molar-refractivity contribution in [2.24, 2.45) is 5.73 Å². The third-order valence-electron chi connectivity index (χ3n) is 3.44. The summed E-state index contributed by atoms with van der Waals surface area (Å²) in [7, 11) is 0. The zero-order valence-corrected chi connectivity index (χ0v) is 10.9. The van der Waals surface area contributed by atoms with Crippen molar-refractivity contribution < 1.29 is 0 Å². The van der Waals surface area contributed by atoms with Crippen molar-refractivity contribution in [2.45, 2.75) is 25.8 Å². The molecule has 6 nitrogen and oxygen atoms in total. The molecule has 1 atom stereocenters. The number of H-pyrrole nitrogens is 1. The Hall–Kier alpha value is -1.95. The molecule has 0 radical (unpaired) electrons. The number of rotatable bonds is 1. The highest BCUT2D eigenvalue weighted by Crippen LogP contribution is 2.18. The van der Waals surface area contributed by atoms with Gasteiger partial charge in [-0.05, 0) is 31.9 Å². The smallest absolute Gasteiger partial charge is 0.277 e. The number of nitrogens with zero attached hydrogens (tertiary/aromatic N) is 3. The van der Waals surface area contributed by atoms with Crippen molar-refractivity contribution in [3.8, 4) is 0 Å². The minimum Gasteiger partial charge on any atom is -0.355 e. The Balaban J connectivity index is 2.04. The molecule has 3 heterocycles. The summed E-state index contributed by atoms with van der Waals surface area (Å²) in [6.07, 6.45) is 2.11. The SMILES string of the molecule is Cc1nc2ccc(N3CCC[C@@H](N)C3)nc2c(=O)[nH]1. The minimum atomic E-state index is -0.189. The van der Waals surface area contributed by atoms with E-state index in [2.05, 4.69) is 19.9 Å². The van der Waals surface area contributed by atoms with Crippen LogP contribution in [0.3, 0.4) is 0 Å². The summed E-state index contributed by atoms with van der Waals surface area (Å²) in [5, 5.41) is 0. The van der Waals surface area contributed by atoms with Crippen LogP contribution in [0.4, 0.5) is 5.82 Å². The lowest BCUT2D eigenvalue weighted by molar-refractivity contribution is 0.503. The van der Waals surface area contributed by atoms with Crippen molar-refractivity contribution in [3.05, 3.63) is 28.3 Å². The fourth-order valence-electron chi connectivity index (χ4n) is 2.53. The molecular weight excluding hydrogens is 242 g/mol. The fraction of sp³-hybridized carbons (Fsp3) is 0.462. The number of aromatic amines is 1. The Morgan fingerprint density at radius 2 is 2.26 bits per heavy atom. The summed E-state index contributed by atoms with van der Waals surface area (Å²) in [6, 6.07) is 3.94. The van der Waals surface area contributed by atoms with E-state index in [9.17, 15) is 4.79 Å². The van der Waals surface area contributed by atoms with Crippen LogP contribution >= 0.6 is 0 Å². The Labute approximate surface area is 110 Å². The van der Waals surface area contributed by atoms with Gasteiger partial charge in [0.2, 0.25) is 0 Å². The van der Waals surface area contributed by atoms with E-state index in [1.165, 1.54) is 0 Å². The number of nitrogens with two attached hydrogens (primary N) is 1. The standard InChI is InChI=1S/C13H17N5O/c1-8-15-10-4-5-11(17-12(10)13(19)16-8)18-6-2-3-9(14)7-18/h4-5,9H,2-3,6-7,14H2,1H3,(H,15,16,19)/t9-/m1/s1. The number of aromatic nitrogens is 3. The number of pyridine rings is 1. The number of fused-ring (bicyclic) bond motifs is 1. The molecule has 3 rings (SSSR count). The maximum absolute atomic E-state index is 11.9. The Bertz CT molecular complexity index is 666. The molecule has 1 fully saturated rings. The van der Waals surface area contributed by atoms with Crippen LogP contribution in [0.25, 0.3) is 11.0 Å².